The summed E-state index contributed by atoms with van der Waals surface area (Å²) in [6.07, 6.45) is 0. The Morgan fingerprint density at radius 2 is 1.32 bits per heavy atom. The van der Waals surface area contributed by atoms with E-state index in [4.69, 9.17) is 4.74 Å². The van der Waals surface area contributed by atoms with Crippen molar-refractivity contribution >= 4 is 29.2 Å². The van der Waals surface area contributed by atoms with E-state index in [1.165, 1.54) is 17.0 Å². The molecule has 1 saturated heterocycles. The fourth-order valence-electron chi connectivity index (χ4n) is 6.24. The van der Waals surface area contributed by atoms with E-state index < -0.39 is 29.1 Å². The van der Waals surface area contributed by atoms with Crippen molar-refractivity contribution in [1.29, 1.82) is 5.26 Å². The third-order valence-electron chi connectivity index (χ3n) is 7.68. The first kappa shape index (κ1) is 22.7. The molecule has 2 bridgehead atoms. The van der Waals surface area contributed by atoms with Crippen LogP contribution in [0, 0.1) is 23.2 Å². The summed E-state index contributed by atoms with van der Waals surface area (Å²) in [5.41, 5.74) is 4.47. The predicted octanol–water partition coefficient (Wildman–Crippen LogP) is 4.44. The maximum Gasteiger partial charge on any atom is 0.352 e. The fraction of sp³-hybridized carbons (Fsp3) is 0.200. The average molecular weight is 491 g/mol. The summed E-state index contributed by atoms with van der Waals surface area (Å²) < 4.78 is 4.83. The lowest BCUT2D eigenvalue weighted by molar-refractivity contribution is -0.138. The monoisotopic (exact) mass is 490 g/mol. The molecule has 1 N–H and O–H groups in total. The van der Waals surface area contributed by atoms with E-state index in [9.17, 15) is 24.8 Å². The molecule has 182 valence electrons. The predicted molar refractivity (Wildman–Crippen MR) is 134 cm³/mol. The number of nitriles is 1. The zero-order valence-corrected chi connectivity index (χ0v) is 19.9. The van der Waals surface area contributed by atoms with Gasteiger partial charge < -0.3 is 9.84 Å². The Morgan fingerprint density at radius 1 is 0.865 bits per heavy atom. The third-order valence-corrected chi connectivity index (χ3v) is 7.68. The number of nitrogens with zero attached hydrogens (tertiary/aromatic N) is 2. The Morgan fingerprint density at radius 3 is 1.73 bits per heavy atom. The van der Waals surface area contributed by atoms with Crippen LogP contribution in [0.25, 0.3) is 5.76 Å². The smallest absolute Gasteiger partial charge is 0.352 e. The molecule has 1 aliphatic heterocycles. The van der Waals surface area contributed by atoms with Crippen molar-refractivity contribution < 1.29 is 24.2 Å². The van der Waals surface area contributed by atoms with Crippen molar-refractivity contribution in [2.45, 2.75) is 18.8 Å². The molecule has 3 aromatic rings. The van der Waals surface area contributed by atoms with Crippen LogP contribution in [0.2, 0.25) is 0 Å². The van der Waals surface area contributed by atoms with Gasteiger partial charge in [0.2, 0.25) is 11.8 Å². The minimum absolute atomic E-state index is 0.0630. The number of carbonyl (C=O) groups is 3. The lowest BCUT2D eigenvalue weighted by Gasteiger charge is -2.45. The van der Waals surface area contributed by atoms with Gasteiger partial charge in [0.15, 0.2) is 5.57 Å². The Balaban J connectivity index is 1.39. The van der Waals surface area contributed by atoms with Gasteiger partial charge in [0.25, 0.3) is 0 Å². The minimum atomic E-state index is -0.921. The number of aliphatic hydroxyl groups excluding tert-OH is 1. The van der Waals surface area contributed by atoms with Crippen LogP contribution >= 0.6 is 0 Å². The number of esters is 1. The molecule has 0 radical (unpaired) electrons. The van der Waals surface area contributed by atoms with E-state index in [1.807, 2.05) is 24.3 Å². The molecule has 0 spiro atoms. The van der Waals surface area contributed by atoms with Crippen LogP contribution in [0.15, 0.2) is 78.4 Å². The first-order valence-corrected chi connectivity index (χ1v) is 12.1. The molecule has 4 aliphatic rings. The average Bonchev–Trinajstić information content (AvgIpc) is 3.19. The van der Waals surface area contributed by atoms with Crippen LogP contribution in [0.4, 0.5) is 5.69 Å². The summed E-state index contributed by atoms with van der Waals surface area (Å²) >= 11 is 0. The molecule has 0 saturated carbocycles. The Kier molecular flexibility index (Phi) is 5.20. The van der Waals surface area contributed by atoms with Gasteiger partial charge in [0.1, 0.15) is 11.8 Å². The topological polar surface area (TPSA) is 108 Å². The summed E-state index contributed by atoms with van der Waals surface area (Å²) in [4.78, 5) is 40.9. The highest BCUT2D eigenvalue weighted by Gasteiger charge is 2.61. The molecular weight excluding hydrogens is 468 g/mol. The number of hydrogen-bond acceptors (Lipinski definition) is 6. The van der Waals surface area contributed by atoms with Crippen LogP contribution in [0.1, 0.15) is 46.6 Å². The lowest BCUT2D eigenvalue weighted by Crippen LogP contribution is -2.41. The number of imide groups is 1. The van der Waals surface area contributed by atoms with E-state index in [0.717, 1.165) is 22.3 Å². The number of hydrogen-bond donors (Lipinski definition) is 1. The maximum atomic E-state index is 13.8. The third kappa shape index (κ3) is 3.15. The molecule has 2 amide bonds. The van der Waals surface area contributed by atoms with Gasteiger partial charge in [-0.1, -0.05) is 48.5 Å². The highest BCUT2D eigenvalue weighted by molar-refractivity contribution is 6.23. The van der Waals surface area contributed by atoms with Crippen molar-refractivity contribution in [2.24, 2.45) is 11.8 Å². The molecule has 3 aromatic carbocycles. The van der Waals surface area contributed by atoms with Crippen LogP contribution in [-0.2, 0) is 19.1 Å². The quantitative estimate of drug-likeness (QED) is 0.191. The van der Waals surface area contributed by atoms with Gasteiger partial charge in [0, 0.05) is 17.4 Å². The molecule has 1 heterocycles. The second kappa shape index (κ2) is 8.45. The van der Waals surface area contributed by atoms with Gasteiger partial charge in [-0.05, 0) is 53.4 Å². The standard InChI is InChI=1S/C30H22N2O5/c1-2-37-30(36)22(15-31)27(33)16-11-13-17(14-12-16)32-28(34)25-23-18-7-3-4-8-19(18)24(26(25)29(32)35)21-10-6-5-9-20(21)23/h3-14,23-26,33H,2H2,1H3/b27-22+. The van der Waals surface area contributed by atoms with Gasteiger partial charge in [-0.25, -0.2) is 9.69 Å². The molecule has 2 atom stereocenters. The summed E-state index contributed by atoms with van der Waals surface area (Å²) in [6, 6.07) is 23.8. The minimum Gasteiger partial charge on any atom is -0.506 e. The highest BCUT2D eigenvalue weighted by atomic mass is 16.5. The van der Waals surface area contributed by atoms with Crippen molar-refractivity contribution in [2.75, 3.05) is 11.5 Å². The number of carbonyl (C=O) groups excluding carboxylic acids is 3. The molecule has 1 fully saturated rings. The lowest BCUT2D eigenvalue weighted by atomic mass is 9.55. The fourth-order valence-corrected chi connectivity index (χ4v) is 6.24. The number of anilines is 1. The zero-order valence-electron chi connectivity index (χ0n) is 19.9. The van der Waals surface area contributed by atoms with E-state index in [1.54, 1.807) is 25.1 Å². The molecule has 7 heteroatoms. The number of rotatable bonds is 4. The first-order chi connectivity index (χ1) is 18.0. The molecule has 7 rings (SSSR count). The number of aliphatic hydroxyl groups is 1. The van der Waals surface area contributed by atoms with Gasteiger partial charge in [-0.2, -0.15) is 5.26 Å². The Hall–Kier alpha value is -4.70. The van der Waals surface area contributed by atoms with Crippen LogP contribution in [-0.4, -0.2) is 29.5 Å². The second-order valence-electron chi connectivity index (χ2n) is 9.38. The Bertz CT molecular complexity index is 1430. The van der Waals surface area contributed by atoms with E-state index >= 15 is 0 Å². The van der Waals surface area contributed by atoms with E-state index in [2.05, 4.69) is 24.3 Å². The molecule has 37 heavy (non-hydrogen) atoms. The Labute approximate surface area is 213 Å². The highest BCUT2D eigenvalue weighted by Crippen LogP contribution is 2.61. The molecule has 3 aliphatic carbocycles. The van der Waals surface area contributed by atoms with Crippen LogP contribution < -0.4 is 4.90 Å². The number of benzene rings is 3. The molecule has 0 aromatic heterocycles. The van der Waals surface area contributed by atoms with E-state index in [0.29, 0.717) is 5.69 Å². The van der Waals surface area contributed by atoms with Gasteiger partial charge in [-0.15, -0.1) is 0 Å². The maximum absolute atomic E-state index is 13.8. The second-order valence-corrected chi connectivity index (χ2v) is 9.38. The van der Waals surface area contributed by atoms with Crippen LogP contribution in [0.5, 0.6) is 0 Å². The number of amides is 2. The summed E-state index contributed by atoms with van der Waals surface area (Å²) in [6.45, 7) is 1.66. The molecule has 7 nitrogen and oxygen atoms in total. The van der Waals surface area contributed by atoms with Crippen LogP contribution in [0.3, 0.4) is 0 Å². The molecular formula is C30H22N2O5. The largest absolute Gasteiger partial charge is 0.506 e. The van der Waals surface area contributed by atoms with Crippen molar-refractivity contribution in [3.05, 3.63) is 106 Å². The van der Waals surface area contributed by atoms with Crippen molar-refractivity contribution in [1.82, 2.24) is 0 Å². The summed E-state index contributed by atoms with van der Waals surface area (Å²) in [7, 11) is 0. The first-order valence-electron chi connectivity index (χ1n) is 12.1. The van der Waals surface area contributed by atoms with Gasteiger partial charge >= 0.3 is 5.97 Å². The normalized spacial score (nSPS) is 23.5. The summed E-state index contributed by atoms with van der Waals surface area (Å²) in [5.74, 6) is -3.32. The molecule has 2 unspecified atom stereocenters. The van der Waals surface area contributed by atoms with Crippen molar-refractivity contribution in [3.8, 4) is 6.07 Å². The summed E-state index contributed by atoms with van der Waals surface area (Å²) in [5, 5.41) is 19.8. The zero-order chi connectivity index (χ0) is 25.8. The van der Waals surface area contributed by atoms with E-state index in [-0.39, 0.29) is 35.8 Å². The van der Waals surface area contributed by atoms with Gasteiger partial charge in [0.05, 0.1) is 24.1 Å². The van der Waals surface area contributed by atoms with Gasteiger partial charge in [-0.3, -0.25) is 9.59 Å². The SMILES string of the molecule is CCOC(=O)/C(C#N)=C(/O)c1ccc(N2C(=O)C3C4c5ccccc5C(c5ccccc54)C3C2=O)cc1. The van der Waals surface area contributed by atoms with Crippen molar-refractivity contribution in [3.63, 3.8) is 0 Å². The number of ether oxygens (including phenoxy) is 1.